The van der Waals surface area contributed by atoms with Crippen molar-refractivity contribution < 1.29 is 9.53 Å². The average Bonchev–Trinajstić information content (AvgIpc) is 2.24. The molecular formula is C14H28N2O2. The van der Waals surface area contributed by atoms with E-state index >= 15 is 0 Å². The van der Waals surface area contributed by atoms with Crippen LogP contribution in [0.1, 0.15) is 40.0 Å². The maximum absolute atomic E-state index is 12.0. The van der Waals surface area contributed by atoms with E-state index in [2.05, 4.69) is 19.0 Å². The minimum absolute atomic E-state index is 0.156. The molecule has 0 saturated carbocycles. The predicted octanol–water partition coefficient (Wildman–Crippen LogP) is 2.59. The molecule has 0 aliphatic carbocycles. The highest BCUT2D eigenvalue weighted by Gasteiger charge is 2.27. The van der Waals surface area contributed by atoms with E-state index in [0.717, 1.165) is 32.5 Å². The zero-order valence-corrected chi connectivity index (χ0v) is 12.5. The quantitative estimate of drug-likeness (QED) is 0.778. The number of hydrogen-bond acceptors (Lipinski definition) is 3. The molecule has 0 aromatic carbocycles. The first-order chi connectivity index (χ1) is 8.28. The summed E-state index contributed by atoms with van der Waals surface area (Å²) >= 11 is 0. The van der Waals surface area contributed by atoms with Gasteiger partial charge >= 0.3 is 6.09 Å². The third kappa shape index (κ3) is 5.71. The Hall–Kier alpha value is -0.770. The standard InChI is InChI=1S/C14H28N2O2/c1-14(2,3)18-13(17)16-9-6-7-12(11-16)8-10-15(4)5/h12H,6-11H2,1-5H3. The normalized spacial score (nSPS) is 21.2. The van der Waals surface area contributed by atoms with Crippen molar-refractivity contribution in [1.29, 1.82) is 0 Å². The molecule has 1 amide bonds. The fourth-order valence-electron chi connectivity index (χ4n) is 2.23. The Kier molecular flexibility index (Phi) is 5.45. The fourth-order valence-corrected chi connectivity index (χ4v) is 2.23. The number of hydrogen-bond donors (Lipinski definition) is 0. The van der Waals surface area contributed by atoms with Gasteiger partial charge in [-0.2, -0.15) is 0 Å². The Bertz CT molecular complexity index is 271. The van der Waals surface area contributed by atoms with Gasteiger partial charge in [0, 0.05) is 13.1 Å². The summed E-state index contributed by atoms with van der Waals surface area (Å²) < 4.78 is 5.43. The van der Waals surface area contributed by atoms with Crippen LogP contribution in [-0.4, -0.2) is 55.2 Å². The Balaban J connectivity index is 2.40. The molecule has 1 aliphatic rings. The SMILES string of the molecule is CN(C)CCC1CCCN(C(=O)OC(C)(C)C)C1. The van der Waals surface area contributed by atoms with Crippen molar-refractivity contribution in [3.05, 3.63) is 0 Å². The van der Waals surface area contributed by atoms with Crippen LogP contribution in [0.2, 0.25) is 0 Å². The predicted molar refractivity (Wildman–Crippen MR) is 73.7 cm³/mol. The first-order valence-corrected chi connectivity index (χ1v) is 6.90. The lowest BCUT2D eigenvalue weighted by molar-refractivity contribution is 0.0159. The molecule has 1 aliphatic heterocycles. The van der Waals surface area contributed by atoms with Gasteiger partial charge in [0.05, 0.1) is 0 Å². The Morgan fingerprint density at radius 3 is 2.61 bits per heavy atom. The molecule has 1 fully saturated rings. The molecule has 0 bridgehead atoms. The van der Waals surface area contributed by atoms with Crippen LogP contribution >= 0.6 is 0 Å². The molecule has 1 unspecified atom stereocenters. The average molecular weight is 256 g/mol. The molecule has 106 valence electrons. The van der Waals surface area contributed by atoms with Gasteiger partial charge in [0.1, 0.15) is 5.60 Å². The lowest BCUT2D eigenvalue weighted by Crippen LogP contribution is -2.43. The number of piperidine rings is 1. The van der Waals surface area contributed by atoms with Gasteiger partial charge in [-0.15, -0.1) is 0 Å². The van der Waals surface area contributed by atoms with E-state index in [1.54, 1.807) is 0 Å². The van der Waals surface area contributed by atoms with E-state index < -0.39 is 5.60 Å². The third-order valence-corrected chi connectivity index (χ3v) is 3.16. The highest BCUT2D eigenvalue weighted by atomic mass is 16.6. The van der Waals surface area contributed by atoms with Gasteiger partial charge in [-0.25, -0.2) is 4.79 Å². The van der Waals surface area contributed by atoms with Crippen LogP contribution in [0.5, 0.6) is 0 Å². The number of likely N-dealkylation sites (tertiary alicyclic amines) is 1. The van der Waals surface area contributed by atoms with E-state index in [1.165, 1.54) is 6.42 Å². The van der Waals surface area contributed by atoms with Crippen molar-refractivity contribution in [3.63, 3.8) is 0 Å². The molecule has 0 N–H and O–H groups in total. The van der Waals surface area contributed by atoms with Crippen molar-refractivity contribution in [2.75, 3.05) is 33.7 Å². The Labute approximate surface area is 111 Å². The number of amides is 1. The zero-order chi connectivity index (χ0) is 13.8. The van der Waals surface area contributed by atoms with Gasteiger partial charge in [0.15, 0.2) is 0 Å². The highest BCUT2D eigenvalue weighted by Crippen LogP contribution is 2.21. The van der Waals surface area contributed by atoms with E-state index in [1.807, 2.05) is 25.7 Å². The van der Waals surface area contributed by atoms with Crippen LogP contribution in [0.15, 0.2) is 0 Å². The van der Waals surface area contributed by atoms with E-state index in [4.69, 9.17) is 4.74 Å². The second-order valence-electron chi connectivity index (χ2n) is 6.53. The molecule has 4 heteroatoms. The second kappa shape index (κ2) is 6.41. The van der Waals surface area contributed by atoms with E-state index in [0.29, 0.717) is 5.92 Å². The zero-order valence-electron chi connectivity index (χ0n) is 12.5. The fraction of sp³-hybridized carbons (Fsp3) is 0.929. The minimum atomic E-state index is -0.395. The first kappa shape index (κ1) is 15.3. The summed E-state index contributed by atoms with van der Waals surface area (Å²) in [5.74, 6) is 0.619. The molecule has 4 nitrogen and oxygen atoms in total. The summed E-state index contributed by atoms with van der Waals surface area (Å²) in [6.07, 6.45) is 3.33. The van der Waals surface area contributed by atoms with Gasteiger partial charge in [0.2, 0.25) is 0 Å². The maximum atomic E-state index is 12.0. The smallest absolute Gasteiger partial charge is 0.410 e. The maximum Gasteiger partial charge on any atom is 0.410 e. The third-order valence-electron chi connectivity index (χ3n) is 3.16. The number of carbonyl (C=O) groups is 1. The summed E-state index contributed by atoms with van der Waals surface area (Å²) in [4.78, 5) is 16.1. The van der Waals surface area contributed by atoms with Crippen molar-refractivity contribution >= 4 is 6.09 Å². The van der Waals surface area contributed by atoms with Crippen molar-refractivity contribution in [2.24, 2.45) is 5.92 Å². The van der Waals surface area contributed by atoms with Crippen molar-refractivity contribution in [2.45, 2.75) is 45.6 Å². The Morgan fingerprint density at radius 2 is 2.06 bits per heavy atom. The summed E-state index contributed by atoms with van der Waals surface area (Å²) in [5.41, 5.74) is -0.395. The molecule has 0 spiro atoms. The molecule has 1 saturated heterocycles. The van der Waals surface area contributed by atoms with Crippen LogP contribution < -0.4 is 0 Å². The van der Waals surface area contributed by atoms with Crippen LogP contribution in [0.25, 0.3) is 0 Å². The van der Waals surface area contributed by atoms with Gasteiger partial charge < -0.3 is 14.5 Å². The first-order valence-electron chi connectivity index (χ1n) is 6.90. The van der Waals surface area contributed by atoms with Crippen LogP contribution in [-0.2, 0) is 4.74 Å². The van der Waals surface area contributed by atoms with Gasteiger partial charge in [-0.3, -0.25) is 0 Å². The van der Waals surface area contributed by atoms with Crippen molar-refractivity contribution in [1.82, 2.24) is 9.80 Å². The summed E-state index contributed by atoms with van der Waals surface area (Å²) in [5, 5.41) is 0. The number of carbonyl (C=O) groups excluding carboxylic acids is 1. The van der Waals surface area contributed by atoms with Gasteiger partial charge in [-0.05, 0) is 66.6 Å². The molecule has 0 radical (unpaired) electrons. The van der Waals surface area contributed by atoms with Gasteiger partial charge in [-0.1, -0.05) is 0 Å². The lowest BCUT2D eigenvalue weighted by atomic mass is 9.95. The number of rotatable bonds is 3. The summed E-state index contributed by atoms with van der Waals surface area (Å²) in [6, 6.07) is 0. The molecule has 18 heavy (non-hydrogen) atoms. The summed E-state index contributed by atoms with van der Waals surface area (Å²) in [7, 11) is 4.18. The van der Waals surface area contributed by atoms with E-state index in [9.17, 15) is 4.79 Å². The minimum Gasteiger partial charge on any atom is -0.444 e. The topological polar surface area (TPSA) is 32.8 Å². The largest absolute Gasteiger partial charge is 0.444 e. The lowest BCUT2D eigenvalue weighted by Gasteiger charge is -2.34. The second-order valence-corrected chi connectivity index (χ2v) is 6.53. The van der Waals surface area contributed by atoms with Crippen molar-refractivity contribution in [3.8, 4) is 0 Å². The number of nitrogens with zero attached hydrogens (tertiary/aromatic N) is 2. The van der Waals surface area contributed by atoms with Crippen LogP contribution in [0, 0.1) is 5.92 Å². The monoisotopic (exact) mass is 256 g/mol. The molecule has 0 aromatic rings. The van der Waals surface area contributed by atoms with E-state index in [-0.39, 0.29) is 6.09 Å². The number of ether oxygens (including phenoxy) is 1. The molecule has 1 heterocycles. The summed E-state index contributed by atoms with van der Waals surface area (Å²) in [6.45, 7) is 8.53. The van der Waals surface area contributed by atoms with Crippen LogP contribution in [0.3, 0.4) is 0 Å². The molecule has 1 atom stereocenters. The Morgan fingerprint density at radius 1 is 1.39 bits per heavy atom. The molecule has 0 aromatic heterocycles. The van der Waals surface area contributed by atoms with Gasteiger partial charge in [0.25, 0.3) is 0 Å². The highest BCUT2D eigenvalue weighted by molar-refractivity contribution is 5.68. The molecular weight excluding hydrogens is 228 g/mol. The van der Waals surface area contributed by atoms with Crippen LogP contribution in [0.4, 0.5) is 4.79 Å². The molecule has 1 rings (SSSR count).